The maximum absolute atomic E-state index is 12.4. The Kier molecular flexibility index (Phi) is 2.14. The lowest BCUT2D eigenvalue weighted by Gasteiger charge is -2.05. The molecule has 0 bridgehead atoms. The second kappa shape index (κ2) is 3.91. The van der Waals surface area contributed by atoms with Crippen molar-refractivity contribution < 1.29 is 0 Å². The summed E-state index contributed by atoms with van der Waals surface area (Å²) in [4.78, 5) is 54.6. The number of hydrogen-bond acceptors (Lipinski definition) is 7. The van der Waals surface area contributed by atoms with Gasteiger partial charge >= 0.3 is 16.9 Å². The summed E-state index contributed by atoms with van der Waals surface area (Å²) in [6.07, 6.45) is 2.40. The molecule has 12 nitrogen and oxygen atoms in total. The molecule has 0 spiro atoms. The summed E-state index contributed by atoms with van der Waals surface area (Å²) in [6, 6.07) is 0. The molecule has 4 rings (SSSR count). The van der Waals surface area contributed by atoms with Gasteiger partial charge in [0.1, 0.15) is 18.3 Å². The highest BCUT2D eigenvalue weighted by Gasteiger charge is 2.15. The van der Waals surface area contributed by atoms with Gasteiger partial charge in [-0.05, 0) is 0 Å². The minimum Gasteiger partial charge on any atom is -0.382 e. The number of rotatable bonds is 1. The number of fused-ring (bicyclic) bond motifs is 2. The average Bonchev–Trinajstić information content (AvgIpc) is 3.04. The number of imidazole rings is 2. The fourth-order valence-corrected chi connectivity index (χ4v) is 2.18. The van der Waals surface area contributed by atoms with E-state index in [1.807, 2.05) is 0 Å². The normalized spacial score (nSPS) is 11.5. The Morgan fingerprint density at radius 3 is 2.68 bits per heavy atom. The molecule has 5 N–H and O–H groups in total. The van der Waals surface area contributed by atoms with E-state index in [4.69, 9.17) is 5.73 Å². The molecule has 0 amide bonds. The summed E-state index contributed by atoms with van der Waals surface area (Å²) in [5, 5.41) is 0. The molecule has 0 saturated heterocycles. The van der Waals surface area contributed by atoms with Crippen LogP contribution in [0.2, 0.25) is 0 Å². The molecular formula is C10H7N9O3. The molecular weight excluding hydrogens is 294 g/mol. The first-order valence-electron chi connectivity index (χ1n) is 5.98. The number of aromatic nitrogens is 8. The third-order valence-corrected chi connectivity index (χ3v) is 3.12. The van der Waals surface area contributed by atoms with Crippen molar-refractivity contribution in [3.05, 3.63) is 44.0 Å². The summed E-state index contributed by atoms with van der Waals surface area (Å²) in [5.41, 5.74) is 3.90. The lowest BCUT2D eigenvalue weighted by molar-refractivity contribution is 0.608. The molecule has 12 heteroatoms. The SMILES string of the molecule is Nc1ncnc2c1ncn2-n1c(=O)[nH]c2[nH]c(=O)[nH]c2c1=O. The van der Waals surface area contributed by atoms with Crippen molar-refractivity contribution in [2.45, 2.75) is 0 Å². The van der Waals surface area contributed by atoms with Crippen LogP contribution < -0.4 is 22.7 Å². The van der Waals surface area contributed by atoms with Crippen molar-refractivity contribution >= 4 is 28.1 Å². The van der Waals surface area contributed by atoms with Crippen molar-refractivity contribution in [3.63, 3.8) is 0 Å². The van der Waals surface area contributed by atoms with E-state index in [1.54, 1.807) is 0 Å². The molecule has 22 heavy (non-hydrogen) atoms. The zero-order chi connectivity index (χ0) is 15.4. The van der Waals surface area contributed by atoms with Crippen molar-refractivity contribution in [1.82, 2.24) is 39.3 Å². The van der Waals surface area contributed by atoms with E-state index < -0.39 is 16.9 Å². The summed E-state index contributed by atoms with van der Waals surface area (Å²) >= 11 is 0. The smallest absolute Gasteiger partial charge is 0.349 e. The number of aromatic amines is 3. The van der Waals surface area contributed by atoms with E-state index in [2.05, 4.69) is 29.9 Å². The highest BCUT2D eigenvalue weighted by atomic mass is 16.2. The van der Waals surface area contributed by atoms with E-state index in [0.29, 0.717) is 0 Å². The zero-order valence-electron chi connectivity index (χ0n) is 10.7. The Morgan fingerprint density at radius 1 is 1.05 bits per heavy atom. The first kappa shape index (κ1) is 12.1. The topological polar surface area (TPSA) is 173 Å². The van der Waals surface area contributed by atoms with Crippen LogP contribution in [0.3, 0.4) is 0 Å². The van der Waals surface area contributed by atoms with Crippen molar-refractivity contribution in [3.8, 4) is 0 Å². The summed E-state index contributed by atoms with van der Waals surface area (Å²) in [5.74, 6) is 0.115. The minimum absolute atomic E-state index is 0.00908. The molecule has 110 valence electrons. The molecule has 0 fully saturated rings. The highest BCUT2D eigenvalue weighted by molar-refractivity contribution is 5.81. The van der Waals surface area contributed by atoms with Crippen LogP contribution in [-0.4, -0.2) is 39.3 Å². The number of nitrogens with zero attached hydrogens (tertiary/aromatic N) is 5. The first-order chi connectivity index (χ1) is 10.6. The van der Waals surface area contributed by atoms with Gasteiger partial charge < -0.3 is 5.73 Å². The second-order valence-corrected chi connectivity index (χ2v) is 4.40. The molecule has 0 aliphatic carbocycles. The van der Waals surface area contributed by atoms with Crippen molar-refractivity contribution in [1.29, 1.82) is 0 Å². The Balaban J connectivity index is 2.17. The predicted molar refractivity (Wildman–Crippen MR) is 74.3 cm³/mol. The second-order valence-electron chi connectivity index (χ2n) is 4.40. The number of anilines is 1. The Morgan fingerprint density at radius 2 is 1.86 bits per heavy atom. The quantitative estimate of drug-likeness (QED) is 0.307. The summed E-state index contributed by atoms with van der Waals surface area (Å²) in [7, 11) is 0. The van der Waals surface area contributed by atoms with Gasteiger partial charge in [-0.15, -0.1) is 0 Å². The van der Waals surface area contributed by atoms with Gasteiger partial charge in [0.2, 0.25) is 0 Å². The van der Waals surface area contributed by atoms with Crippen molar-refractivity contribution in [2.75, 3.05) is 5.73 Å². The Hall–Kier alpha value is -3.70. The van der Waals surface area contributed by atoms with Crippen LogP contribution in [-0.2, 0) is 0 Å². The van der Waals surface area contributed by atoms with E-state index in [-0.39, 0.29) is 28.1 Å². The maximum atomic E-state index is 12.4. The lowest BCUT2D eigenvalue weighted by Crippen LogP contribution is -2.39. The summed E-state index contributed by atoms with van der Waals surface area (Å²) in [6.45, 7) is 0. The first-order valence-corrected chi connectivity index (χ1v) is 5.98. The van der Waals surface area contributed by atoms with Crippen LogP contribution in [0.5, 0.6) is 0 Å². The Bertz CT molecular complexity index is 1200. The van der Waals surface area contributed by atoms with Gasteiger partial charge in [-0.3, -0.25) is 19.7 Å². The molecule has 0 unspecified atom stereocenters. The van der Waals surface area contributed by atoms with Gasteiger partial charge in [0, 0.05) is 0 Å². The van der Waals surface area contributed by atoms with Gasteiger partial charge in [0.15, 0.2) is 22.5 Å². The minimum atomic E-state index is -0.774. The van der Waals surface area contributed by atoms with Crippen molar-refractivity contribution in [2.24, 2.45) is 0 Å². The van der Waals surface area contributed by atoms with Gasteiger partial charge in [-0.2, -0.15) is 4.68 Å². The van der Waals surface area contributed by atoms with Gasteiger partial charge in [0.25, 0.3) is 0 Å². The molecule has 0 aliphatic rings. The molecule has 0 atom stereocenters. The highest BCUT2D eigenvalue weighted by Crippen LogP contribution is 2.13. The third-order valence-electron chi connectivity index (χ3n) is 3.12. The summed E-state index contributed by atoms with van der Waals surface area (Å²) < 4.78 is 1.87. The van der Waals surface area contributed by atoms with Crippen LogP contribution >= 0.6 is 0 Å². The fraction of sp³-hybridized carbons (Fsp3) is 0. The van der Waals surface area contributed by atoms with E-state index in [0.717, 1.165) is 9.35 Å². The van der Waals surface area contributed by atoms with Gasteiger partial charge in [-0.25, -0.2) is 29.2 Å². The molecule has 0 aromatic carbocycles. The largest absolute Gasteiger partial charge is 0.382 e. The van der Waals surface area contributed by atoms with Crippen LogP contribution in [0.1, 0.15) is 0 Å². The van der Waals surface area contributed by atoms with Crippen LogP contribution in [0.4, 0.5) is 5.82 Å². The van der Waals surface area contributed by atoms with E-state index >= 15 is 0 Å². The van der Waals surface area contributed by atoms with Gasteiger partial charge in [-0.1, -0.05) is 0 Å². The molecule has 4 aromatic rings. The number of nitrogen functional groups attached to an aromatic ring is 1. The molecule has 4 aromatic heterocycles. The monoisotopic (exact) mass is 301 g/mol. The zero-order valence-corrected chi connectivity index (χ0v) is 10.7. The van der Waals surface area contributed by atoms with Crippen LogP contribution in [0.15, 0.2) is 27.0 Å². The number of hydrogen-bond donors (Lipinski definition) is 4. The molecule has 0 aliphatic heterocycles. The Labute approximate surface area is 118 Å². The number of nitrogens with two attached hydrogens (primary N) is 1. The molecule has 0 saturated carbocycles. The average molecular weight is 301 g/mol. The third kappa shape index (κ3) is 1.45. The van der Waals surface area contributed by atoms with E-state index in [9.17, 15) is 14.4 Å². The number of nitrogens with one attached hydrogen (secondary N) is 3. The van der Waals surface area contributed by atoms with E-state index in [1.165, 1.54) is 12.7 Å². The molecule has 4 heterocycles. The lowest BCUT2D eigenvalue weighted by atomic mass is 10.5. The standard InChI is InChI=1S/C10H7N9O3/c11-5-3-7(13-1-12-5)18(2-14-3)19-8(20)4-6(17-10(19)22)16-9(21)15-4/h1-2H,(H,17,22)(H2,11,12,13)(H2,15,16,21). The maximum Gasteiger partial charge on any atom is 0.349 e. The van der Waals surface area contributed by atoms with Gasteiger partial charge in [0.05, 0.1) is 0 Å². The fourth-order valence-electron chi connectivity index (χ4n) is 2.18. The number of H-pyrrole nitrogens is 3. The van der Waals surface area contributed by atoms with Crippen LogP contribution in [0, 0.1) is 0 Å². The predicted octanol–water partition coefficient (Wildman–Crippen LogP) is -2.26. The van der Waals surface area contributed by atoms with Crippen LogP contribution in [0.25, 0.3) is 22.3 Å². The molecule has 0 radical (unpaired) electrons.